The predicted molar refractivity (Wildman–Crippen MR) is 126 cm³/mol. The van der Waals surface area contributed by atoms with Gasteiger partial charge in [-0.1, -0.05) is 36.4 Å². The van der Waals surface area contributed by atoms with Crippen LogP contribution in [0.2, 0.25) is 0 Å². The number of likely N-dealkylation sites (tertiary alicyclic amines) is 1. The van der Waals surface area contributed by atoms with Crippen molar-refractivity contribution >= 4 is 29.0 Å². The molecule has 10 heteroatoms. The molecule has 0 unspecified atom stereocenters. The normalized spacial score (nSPS) is 15.4. The van der Waals surface area contributed by atoms with E-state index in [0.29, 0.717) is 18.2 Å². The number of aromatic nitrogens is 4. The van der Waals surface area contributed by atoms with Crippen molar-refractivity contribution in [2.75, 3.05) is 32.5 Å². The molecule has 1 N–H and O–H groups in total. The molecule has 32 heavy (non-hydrogen) atoms. The van der Waals surface area contributed by atoms with E-state index in [0.717, 1.165) is 18.8 Å². The van der Waals surface area contributed by atoms with Crippen molar-refractivity contribution in [3.05, 3.63) is 52.2 Å². The van der Waals surface area contributed by atoms with E-state index in [1.807, 2.05) is 29.6 Å². The van der Waals surface area contributed by atoms with Crippen molar-refractivity contribution in [2.24, 2.45) is 0 Å². The Morgan fingerprint density at radius 3 is 2.75 bits per heavy atom. The Bertz CT molecular complexity index is 971. The average Bonchev–Trinajstić information content (AvgIpc) is 3.51. The molecule has 3 heterocycles. The average molecular weight is 473 g/mol. The van der Waals surface area contributed by atoms with Gasteiger partial charge in [-0.25, -0.2) is 4.68 Å². The van der Waals surface area contributed by atoms with E-state index in [9.17, 15) is 4.79 Å². The molecule has 1 atom stereocenters. The zero-order valence-electron chi connectivity index (χ0n) is 18.1. The topological polar surface area (TPSA) is 85.2 Å². The fraction of sp³-hybridized carbons (Fsp3) is 0.455. The third kappa shape index (κ3) is 6.08. The van der Waals surface area contributed by atoms with Gasteiger partial charge in [0.25, 0.3) is 0 Å². The van der Waals surface area contributed by atoms with Crippen molar-refractivity contribution < 1.29 is 9.53 Å². The van der Waals surface area contributed by atoms with E-state index in [4.69, 9.17) is 4.74 Å². The molecule has 0 saturated carbocycles. The Balaban J connectivity index is 1.33. The number of ether oxygens (including phenoxy) is 1. The first-order chi connectivity index (χ1) is 15.7. The van der Waals surface area contributed by atoms with Crippen LogP contribution in [-0.4, -0.2) is 63.5 Å². The minimum Gasteiger partial charge on any atom is -0.497 e. The van der Waals surface area contributed by atoms with Crippen LogP contribution >= 0.6 is 23.1 Å². The second kappa shape index (κ2) is 11.4. The number of rotatable bonds is 10. The molecule has 1 saturated heterocycles. The van der Waals surface area contributed by atoms with Crippen LogP contribution in [0.15, 0.2) is 46.9 Å². The van der Waals surface area contributed by atoms with Crippen LogP contribution in [0.3, 0.4) is 0 Å². The number of carbonyl (C=O) groups is 1. The Kier molecular flexibility index (Phi) is 8.13. The number of tetrazole rings is 1. The number of hydrogen-bond donors (Lipinski definition) is 1. The van der Waals surface area contributed by atoms with Gasteiger partial charge in [0, 0.05) is 11.4 Å². The van der Waals surface area contributed by atoms with Crippen LogP contribution in [0.25, 0.3) is 0 Å². The van der Waals surface area contributed by atoms with Crippen LogP contribution in [0.4, 0.5) is 0 Å². The third-order valence-electron chi connectivity index (χ3n) is 5.54. The molecule has 4 rings (SSSR count). The van der Waals surface area contributed by atoms with Gasteiger partial charge in [0.2, 0.25) is 11.1 Å². The summed E-state index contributed by atoms with van der Waals surface area (Å²) in [6, 6.07) is 12.4. The monoisotopic (exact) mass is 472 g/mol. The zero-order valence-corrected chi connectivity index (χ0v) is 19.8. The maximum absolute atomic E-state index is 12.6. The van der Waals surface area contributed by atoms with E-state index in [2.05, 4.69) is 37.9 Å². The van der Waals surface area contributed by atoms with Crippen molar-refractivity contribution in [3.8, 4) is 5.75 Å². The van der Waals surface area contributed by atoms with Gasteiger partial charge in [0.15, 0.2) is 0 Å². The summed E-state index contributed by atoms with van der Waals surface area (Å²) < 4.78 is 7.03. The second-order valence-corrected chi connectivity index (χ2v) is 9.65. The lowest BCUT2D eigenvalue weighted by Gasteiger charge is -2.35. The highest BCUT2D eigenvalue weighted by atomic mass is 32.2. The smallest absolute Gasteiger partial charge is 0.230 e. The lowest BCUT2D eigenvalue weighted by molar-refractivity contribution is -0.118. The third-order valence-corrected chi connectivity index (χ3v) is 7.36. The molecule has 170 valence electrons. The van der Waals surface area contributed by atoms with Crippen molar-refractivity contribution in [1.82, 2.24) is 30.4 Å². The summed E-state index contributed by atoms with van der Waals surface area (Å²) in [6.45, 7) is 3.30. The lowest BCUT2D eigenvalue weighted by Crippen LogP contribution is -2.41. The first-order valence-electron chi connectivity index (χ1n) is 10.8. The molecule has 1 aliphatic heterocycles. The Hall–Kier alpha value is -2.43. The minimum atomic E-state index is -0.0174. The van der Waals surface area contributed by atoms with Gasteiger partial charge in [-0.3, -0.25) is 9.69 Å². The molecule has 0 radical (unpaired) electrons. The van der Waals surface area contributed by atoms with Crippen LogP contribution in [0.1, 0.15) is 35.7 Å². The van der Waals surface area contributed by atoms with Gasteiger partial charge in [-0.2, -0.15) is 0 Å². The highest BCUT2D eigenvalue weighted by molar-refractivity contribution is 7.99. The summed E-state index contributed by atoms with van der Waals surface area (Å²) in [5, 5.41) is 17.7. The van der Waals surface area contributed by atoms with E-state index < -0.39 is 0 Å². The first-order valence-corrected chi connectivity index (χ1v) is 12.7. The molecule has 0 bridgehead atoms. The summed E-state index contributed by atoms with van der Waals surface area (Å²) in [7, 11) is 1.67. The number of thioether (sulfide) groups is 1. The molecular weight excluding hydrogens is 444 g/mol. The summed E-state index contributed by atoms with van der Waals surface area (Å²) in [6.07, 6.45) is 3.67. The van der Waals surface area contributed by atoms with Gasteiger partial charge in [0.05, 0.1) is 25.4 Å². The number of hydrogen-bond acceptors (Lipinski definition) is 8. The maximum Gasteiger partial charge on any atom is 0.230 e. The minimum absolute atomic E-state index is 0.0174. The number of carbonyl (C=O) groups excluding carboxylic acids is 1. The molecule has 0 spiro atoms. The number of amides is 1. The van der Waals surface area contributed by atoms with E-state index >= 15 is 0 Å². The Morgan fingerprint density at radius 2 is 2.03 bits per heavy atom. The summed E-state index contributed by atoms with van der Waals surface area (Å²) in [4.78, 5) is 16.3. The number of piperidine rings is 1. The van der Waals surface area contributed by atoms with Gasteiger partial charge in [-0.15, -0.1) is 16.4 Å². The first kappa shape index (κ1) is 22.8. The van der Waals surface area contributed by atoms with Crippen molar-refractivity contribution in [3.63, 3.8) is 0 Å². The molecule has 1 aromatic carbocycles. The standard InChI is InChI=1S/C22H28N6O2S2/c1-30-18-9-7-17(8-10-18)20(27-11-3-2-4-12-27)14-23-21(29)16-32-22-24-25-26-28(22)15-19-6-5-13-31-19/h5-10,13,20H,2-4,11-12,14-16H2,1H3,(H,23,29)/t20-/m0/s1. The van der Waals surface area contributed by atoms with Gasteiger partial charge in [0.1, 0.15) is 5.75 Å². The number of methoxy groups -OCH3 is 1. The van der Waals surface area contributed by atoms with Crippen molar-refractivity contribution in [1.29, 1.82) is 0 Å². The number of thiophene rings is 1. The molecule has 1 fully saturated rings. The number of nitrogens with one attached hydrogen (secondary N) is 1. The maximum atomic E-state index is 12.6. The van der Waals surface area contributed by atoms with Crippen LogP contribution in [-0.2, 0) is 11.3 Å². The van der Waals surface area contributed by atoms with Crippen LogP contribution in [0.5, 0.6) is 5.75 Å². The molecule has 1 amide bonds. The molecule has 3 aromatic rings. The van der Waals surface area contributed by atoms with Gasteiger partial charge in [-0.05, 0) is 65.5 Å². The summed E-state index contributed by atoms with van der Waals surface area (Å²) in [5.74, 6) is 1.10. The molecular formula is C22H28N6O2S2. The fourth-order valence-electron chi connectivity index (χ4n) is 3.85. The largest absolute Gasteiger partial charge is 0.497 e. The fourth-order valence-corrected chi connectivity index (χ4v) is 5.25. The van der Waals surface area contributed by atoms with Gasteiger partial charge >= 0.3 is 0 Å². The highest BCUT2D eigenvalue weighted by Crippen LogP contribution is 2.26. The number of benzene rings is 1. The molecule has 0 aliphatic carbocycles. The summed E-state index contributed by atoms with van der Waals surface area (Å²) in [5.41, 5.74) is 1.19. The summed E-state index contributed by atoms with van der Waals surface area (Å²) >= 11 is 3.02. The highest BCUT2D eigenvalue weighted by Gasteiger charge is 2.23. The van der Waals surface area contributed by atoms with Crippen LogP contribution in [0, 0.1) is 0 Å². The predicted octanol–water partition coefficient (Wildman–Crippen LogP) is 3.23. The zero-order chi connectivity index (χ0) is 22.2. The molecule has 8 nitrogen and oxygen atoms in total. The second-order valence-electron chi connectivity index (χ2n) is 7.68. The Labute approximate surface area is 196 Å². The Morgan fingerprint density at radius 1 is 1.22 bits per heavy atom. The quantitative estimate of drug-likeness (QED) is 0.454. The van der Waals surface area contributed by atoms with Gasteiger partial charge < -0.3 is 10.1 Å². The lowest BCUT2D eigenvalue weighted by atomic mass is 10.0. The molecule has 2 aromatic heterocycles. The van der Waals surface area contributed by atoms with E-state index in [-0.39, 0.29) is 17.7 Å². The van der Waals surface area contributed by atoms with Crippen molar-refractivity contribution in [2.45, 2.75) is 37.0 Å². The SMILES string of the molecule is COc1ccc([C@H](CNC(=O)CSc2nnnn2Cc2cccs2)N2CCCCC2)cc1. The van der Waals surface area contributed by atoms with Crippen LogP contribution < -0.4 is 10.1 Å². The van der Waals surface area contributed by atoms with E-state index in [1.54, 1.807) is 23.1 Å². The molecule has 1 aliphatic rings. The van der Waals surface area contributed by atoms with E-state index in [1.165, 1.54) is 41.5 Å². The number of nitrogens with zero attached hydrogens (tertiary/aromatic N) is 5.